The third kappa shape index (κ3) is 3.87. The maximum atomic E-state index is 12.4. The fraction of sp³-hybridized carbons (Fsp3) is 0.200. The Morgan fingerprint density at radius 1 is 1.00 bits per heavy atom. The van der Waals surface area contributed by atoms with Gasteiger partial charge in [-0.2, -0.15) is 0 Å². The van der Waals surface area contributed by atoms with Gasteiger partial charge in [0.2, 0.25) is 0 Å². The lowest BCUT2D eigenvalue weighted by atomic mass is 10.1. The second-order valence-corrected chi connectivity index (χ2v) is 5.78. The van der Waals surface area contributed by atoms with E-state index in [1.807, 2.05) is 6.92 Å². The number of rotatable bonds is 5. The summed E-state index contributed by atoms with van der Waals surface area (Å²) in [6, 6.07) is 11.9. The van der Waals surface area contributed by atoms with Crippen LogP contribution in [-0.4, -0.2) is 25.5 Å². The van der Waals surface area contributed by atoms with Gasteiger partial charge in [0, 0.05) is 16.5 Å². The quantitative estimate of drug-likeness (QED) is 0.675. The van der Waals surface area contributed by atoms with Crippen LogP contribution in [0.5, 0.6) is 11.5 Å². The Bertz CT molecular complexity index is 976. The average molecular weight is 368 g/mol. The second kappa shape index (κ2) is 7.82. The number of nitrogens with one attached hydrogen (secondary N) is 2. The molecule has 2 amide bonds. The first-order valence-corrected chi connectivity index (χ1v) is 8.44. The third-order valence-corrected chi connectivity index (χ3v) is 4.07. The molecule has 0 aliphatic rings. The molecule has 1 aromatic heterocycles. The number of furan rings is 1. The van der Waals surface area contributed by atoms with Crippen LogP contribution in [0.25, 0.3) is 11.0 Å². The summed E-state index contributed by atoms with van der Waals surface area (Å²) in [5, 5.41) is 0.775. The second-order valence-electron chi connectivity index (χ2n) is 5.78. The highest BCUT2D eigenvalue weighted by Gasteiger charge is 2.19. The molecule has 0 aliphatic heterocycles. The van der Waals surface area contributed by atoms with Gasteiger partial charge in [0.1, 0.15) is 17.1 Å². The van der Waals surface area contributed by atoms with E-state index >= 15 is 0 Å². The van der Waals surface area contributed by atoms with Crippen LogP contribution in [-0.2, 0) is 0 Å². The van der Waals surface area contributed by atoms with Crippen molar-refractivity contribution in [2.24, 2.45) is 0 Å². The molecule has 0 fully saturated rings. The number of carbonyl (C=O) groups excluding carboxylic acids is 2. The minimum atomic E-state index is -0.540. The topological polar surface area (TPSA) is 89.8 Å². The van der Waals surface area contributed by atoms with Crippen LogP contribution < -0.4 is 20.3 Å². The third-order valence-electron chi connectivity index (χ3n) is 4.07. The SMILES string of the molecule is CCOc1ccc(C(=O)NNC(=O)c2oc3ccc(OC)cc3c2C)cc1. The van der Waals surface area contributed by atoms with E-state index < -0.39 is 11.8 Å². The molecule has 27 heavy (non-hydrogen) atoms. The van der Waals surface area contributed by atoms with Crippen molar-refractivity contribution in [3.05, 3.63) is 59.4 Å². The van der Waals surface area contributed by atoms with Crippen LogP contribution in [0.2, 0.25) is 0 Å². The van der Waals surface area contributed by atoms with E-state index in [-0.39, 0.29) is 5.76 Å². The molecular weight excluding hydrogens is 348 g/mol. The smallest absolute Gasteiger partial charge is 0.305 e. The minimum absolute atomic E-state index is 0.130. The highest BCUT2D eigenvalue weighted by atomic mass is 16.5. The number of hydrogen-bond acceptors (Lipinski definition) is 5. The summed E-state index contributed by atoms with van der Waals surface area (Å²) in [5.74, 6) is 0.489. The van der Waals surface area contributed by atoms with E-state index in [1.54, 1.807) is 56.5 Å². The Hall–Kier alpha value is -3.48. The maximum absolute atomic E-state index is 12.4. The van der Waals surface area contributed by atoms with Crippen molar-refractivity contribution in [2.75, 3.05) is 13.7 Å². The standard InChI is InChI=1S/C20H20N2O5/c1-4-26-14-7-5-13(6-8-14)19(23)21-22-20(24)18-12(2)16-11-15(25-3)9-10-17(16)27-18/h5-11H,4H2,1-3H3,(H,21,23)(H,22,24). The molecule has 2 N–H and O–H groups in total. The molecule has 2 aromatic carbocycles. The van der Waals surface area contributed by atoms with E-state index in [4.69, 9.17) is 13.9 Å². The fourth-order valence-electron chi connectivity index (χ4n) is 2.66. The molecule has 140 valence electrons. The Labute approximate surface area is 156 Å². The Morgan fingerprint density at radius 2 is 1.67 bits per heavy atom. The van der Waals surface area contributed by atoms with Crippen molar-refractivity contribution in [1.82, 2.24) is 10.9 Å². The average Bonchev–Trinajstić information content (AvgIpc) is 3.02. The van der Waals surface area contributed by atoms with Crippen molar-refractivity contribution in [3.8, 4) is 11.5 Å². The molecule has 0 aliphatic carbocycles. The predicted molar refractivity (Wildman–Crippen MR) is 100 cm³/mol. The predicted octanol–water partition coefficient (Wildman–Crippen LogP) is 3.22. The maximum Gasteiger partial charge on any atom is 0.305 e. The first kappa shape index (κ1) is 18.3. The molecule has 0 atom stereocenters. The van der Waals surface area contributed by atoms with Crippen LogP contribution in [0.1, 0.15) is 33.4 Å². The minimum Gasteiger partial charge on any atom is -0.497 e. The van der Waals surface area contributed by atoms with Crippen molar-refractivity contribution < 1.29 is 23.5 Å². The molecule has 1 heterocycles. The first-order chi connectivity index (χ1) is 13.0. The van der Waals surface area contributed by atoms with Crippen molar-refractivity contribution in [1.29, 1.82) is 0 Å². The first-order valence-electron chi connectivity index (χ1n) is 8.44. The number of fused-ring (bicyclic) bond motifs is 1. The fourth-order valence-corrected chi connectivity index (χ4v) is 2.66. The van der Waals surface area contributed by atoms with Crippen LogP contribution in [0, 0.1) is 6.92 Å². The van der Waals surface area contributed by atoms with Gasteiger partial charge in [0.05, 0.1) is 13.7 Å². The van der Waals surface area contributed by atoms with Gasteiger partial charge in [-0.05, 0) is 56.3 Å². The number of amides is 2. The highest BCUT2D eigenvalue weighted by Crippen LogP contribution is 2.28. The van der Waals surface area contributed by atoms with Crippen LogP contribution in [0.4, 0.5) is 0 Å². The monoisotopic (exact) mass is 368 g/mol. The number of methoxy groups -OCH3 is 1. The largest absolute Gasteiger partial charge is 0.497 e. The van der Waals surface area contributed by atoms with Crippen molar-refractivity contribution in [2.45, 2.75) is 13.8 Å². The van der Waals surface area contributed by atoms with Gasteiger partial charge in [-0.25, -0.2) is 0 Å². The lowest BCUT2D eigenvalue weighted by Gasteiger charge is -2.07. The Balaban J connectivity index is 1.69. The number of benzene rings is 2. The van der Waals surface area contributed by atoms with Crippen LogP contribution in [0.3, 0.4) is 0 Å². The lowest BCUT2D eigenvalue weighted by molar-refractivity contribution is 0.0831. The van der Waals surface area contributed by atoms with Crippen LogP contribution >= 0.6 is 0 Å². The molecule has 0 saturated heterocycles. The number of aryl methyl sites for hydroxylation is 1. The van der Waals surface area contributed by atoms with Gasteiger partial charge in [0.25, 0.3) is 5.91 Å². The molecule has 7 nitrogen and oxygen atoms in total. The molecule has 0 radical (unpaired) electrons. The molecule has 0 saturated carbocycles. The summed E-state index contributed by atoms with van der Waals surface area (Å²) in [6.45, 7) is 4.20. The molecule has 3 rings (SSSR count). The van der Waals surface area contributed by atoms with E-state index in [1.165, 1.54) is 0 Å². The van der Waals surface area contributed by atoms with Crippen LogP contribution in [0.15, 0.2) is 46.9 Å². The van der Waals surface area contributed by atoms with E-state index in [0.717, 1.165) is 5.39 Å². The molecular formula is C20H20N2O5. The van der Waals surface area contributed by atoms with E-state index in [0.29, 0.717) is 34.8 Å². The summed E-state index contributed by atoms with van der Waals surface area (Å²) in [6.07, 6.45) is 0. The zero-order valence-corrected chi connectivity index (χ0v) is 15.3. The summed E-state index contributed by atoms with van der Waals surface area (Å²) in [7, 11) is 1.57. The lowest BCUT2D eigenvalue weighted by Crippen LogP contribution is -2.41. The van der Waals surface area contributed by atoms with Gasteiger partial charge in [0.15, 0.2) is 5.76 Å². The zero-order valence-electron chi connectivity index (χ0n) is 15.3. The molecule has 3 aromatic rings. The van der Waals surface area contributed by atoms with Crippen molar-refractivity contribution >= 4 is 22.8 Å². The number of hydrazine groups is 1. The summed E-state index contributed by atoms with van der Waals surface area (Å²) >= 11 is 0. The Morgan fingerprint density at radius 3 is 2.33 bits per heavy atom. The van der Waals surface area contributed by atoms with E-state index in [9.17, 15) is 9.59 Å². The van der Waals surface area contributed by atoms with Gasteiger partial charge >= 0.3 is 5.91 Å². The molecule has 0 bridgehead atoms. The highest BCUT2D eigenvalue weighted by molar-refractivity contribution is 6.01. The number of hydrogen-bond donors (Lipinski definition) is 2. The molecule has 0 unspecified atom stereocenters. The molecule has 7 heteroatoms. The summed E-state index contributed by atoms with van der Waals surface area (Å²) in [5.41, 5.74) is 6.37. The van der Waals surface area contributed by atoms with Crippen molar-refractivity contribution in [3.63, 3.8) is 0 Å². The number of carbonyl (C=O) groups is 2. The zero-order chi connectivity index (χ0) is 19.4. The van der Waals surface area contributed by atoms with E-state index in [2.05, 4.69) is 10.9 Å². The van der Waals surface area contributed by atoms with Gasteiger partial charge in [-0.1, -0.05) is 0 Å². The Kier molecular flexibility index (Phi) is 5.30. The summed E-state index contributed by atoms with van der Waals surface area (Å²) in [4.78, 5) is 24.6. The van der Waals surface area contributed by atoms with Gasteiger partial charge < -0.3 is 13.9 Å². The van der Waals surface area contributed by atoms with Gasteiger partial charge in [-0.15, -0.1) is 0 Å². The molecule has 0 spiro atoms. The number of ether oxygens (including phenoxy) is 2. The summed E-state index contributed by atoms with van der Waals surface area (Å²) < 4.78 is 16.1. The normalized spacial score (nSPS) is 10.5. The van der Waals surface area contributed by atoms with Gasteiger partial charge in [-0.3, -0.25) is 20.4 Å².